The number of ether oxygens (including phenoxy) is 5. The molecule has 0 aliphatic carbocycles. The van der Waals surface area contributed by atoms with Crippen molar-refractivity contribution in [3.8, 4) is 23.0 Å². The van der Waals surface area contributed by atoms with Crippen molar-refractivity contribution in [1.82, 2.24) is 0 Å². The fourth-order valence-corrected chi connectivity index (χ4v) is 2.77. The highest BCUT2D eigenvalue weighted by Gasteiger charge is 2.13. The van der Waals surface area contributed by atoms with Gasteiger partial charge in [0, 0.05) is 12.7 Å². The van der Waals surface area contributed by atoms with Crippen LogP contribution in [0, 0.1) is 13.8 Å². The van der Waals surface area contributed by atoms with Crippen LogP contribution in [0.3, 0.4) is 0 Å². The van der Waals surface area contributed by atoms with Crippen molar-refractivity contribution in [2.24, 2.45) is 0 Å². The van der Waals surface area contributed by atoms with Gasteiger partial charge in [0.15, 0.2) is 13.4 Å². The SMILES string of the molecule is COCOc1ccc(Oc2c(C)cc(OCC(=O)OC)cc2C)cc1C(C)C. The molecular formula is C22H28O6. The van der Waals surface area contributed by atoms with Crippen LogP contribution in [-0.4, -0.2) is 33.6 Å². The zero-order chi connectivity index (χ0) is 20.7. The largest absolute Gasteiger partial charge is 0.482 e. The summed E-state index contributed by atoms with van der Waals surface area (Å²) in [5, 5.41) is 0. The second-order valence-electron chi connectivity index (χ2n) is 6.76. The molecule has 0 saturated carbocycles. The van der Waals surface area contributed by atoms with Crippen LogP contribution in [0.1, 0.15) is 36.5 Å². The molecule has 0 spiro atoms. The van der Waals surface area contributed by atoms with E-state index in [1.54, 1.807) is 7.11 Å². The van der Waals surface area contributed by atoms with Crippen LogP contribution in [0.5, 0.6) is 23.0 Å². The summed E-state index contributed by atoms with van der Waals surface area (Å²) in [7, 11) is 2.92. The number of benzene rings is 2. The standard InChI is InChI=1S/C22H28O6/c1-14(2)19-11-17(7-8-20(19)27-13-24-5)28-22-15(3)9-18(10-16(22)4)26-12-21(23)25-6/h7-11,14H,12-13H2,1-6H3. The first-order valence-corrected chi connectivity index (χ1v) is 9.10. The van der Waals surface area contributed by atoms with Gasteiger partial charge in [0.1, 0.15) is 23.0 Å². The molecule has 0 atom stereocenters. The topological polar surface area (TPSA) is 63.2 Å². The van der Waals surface area contributed by atoms with Crippen LogP contribution in [0.2, 0.25) is 0 Å². The van der Waals surface area contributed by atoms with Gasteiger partial charge in [-0.15, -0.1) is 0 Å². The molecule has 152 valence electrons. The Hall–Kier alpha value is -2.73. The third kappa shape index (κ3) is 5.63. The molecule has 0 amide bonds. The summed E-state index contributed by atoms with van der Waals surface area (Å²) >= 11 is 0. The molecule has 2 rings (SSSR count). The third-order valence-electron chi connectivity index (χ3n) is 4.17. The number of carbonyl (C=O) groups excluding carboxylic acids is 1. The Kier molecular flexibility index (Phi) is 7.70. The van der Waals surface area contributed by atoms with E-state index in [1.165, 1.54) is 7.11 Å². The molecule has 2 aromatic rings. The van der Waals surface area contributed by atoms with E-state index in [1.807, 2.05) is 44.2 Å². The molecule has 0 N–H and O–H groups in total. The first kappa shape index (κ1) is 21.6. The lowest BCUT2D eigenvalue weighted by Crippen LogP contribution is -2.12. The number of hydrogen-bond acceptors (Lipinski definition) is 6. The molecule has 2 aromatic carbocycles. The molecular weight excluding hydrogens is 360 g/mol. The Labute approximate surface area is 166 Å². The van der Waals surface area contributed by atoms with E-state index in [4.69, 9.17) is 18.9 Å². The molecule has 6 nitrogen and oxygen atoms in total. The fraction of sp³-hybridized carbons (Fsp3) is 0.409. The Morgan fingerprint density at radius 1 is 0.964 bits per heavy atom. The molecule has 0 bridgehead atoms. The lowest BCUT2D eigenvalue weighted by Gasteiger charge is -2.17. The van der Waals surface area contributed by atoms with Gasteiger partial charge >= 0.3 is 5.97 Å². The molecule has 0 aromatic heterocycles. The van der Waals surface area contributed by atoms with Gasteiger partial charge in [0.25, 0.3) is 0 Å². The van der Waals surface area contributed by atoms with Crippen molar-refractivity contribution >= 4 is 5.97 Å². The number of carbonyl (C=O) groups is 1. The van der Waals surface area contributed by atoms with Crippen LogP contribution < -0.4 is 14.2 Å². The zero-order valence-corrected chi connectivity index (χ0v) is 17.3. The zero-order valence-electron chi connectivity index (χ0n) is 17.3. The van der Waals surface area contributed by atoms with E-state index >= 15 is 0 Å². The summed E-state index contributed by atoms with van der Waals surface area (Å²) in [5.74, 6) is 2.70. The maximum absolute atomic E-state index is 11.3. The van der Waals surface area contributed by atoms with Gasteiger partial charge < -0.3 is 23.7 Å². The van der Waals surface area contributed by atoms with E-state index in [0.717, 1.165) is 33.9 Å². The lowest BCUT2D eigenvalue weighted by molar-refractivity contribution is -0.142. The van der Waals surface area contributed by atoms with Crippen molar-refractivity contribution in [2.75, 3.05) is 27.6 Å². The average molecular weight is 388 g/mol. The summed E-state index contributed by atoms with van der Waals surface area (Å²) < 4.78 is 26.9. The van der Waals surface area contributed by atoms with Gasteiger partial charge in [-0.05, 0) is 61.2 Å². The molecule has 6 heteroatoms. The van der Waals surface area contributed by atoms with Crippen molar-refractivity contribution in [1.29, 1.82) is 0 Å². The molecule has 0 aliphatic rings. The third-order valence-corrected chi connectivity index (χ3v) is 4.17. The highest BCUT2D eigenvalue weighted by molar-refractivity contribution is 5.70. The Balaban J connectivity index is 2.22. The predicted octanol–water partition coefficient (Wildman–Crippen LogP) is 4.75. The second-order valence-corrected chi connectivity index (χ2v) is 6.76. The van der Waals surface area contributed by atoms with Gasteiger partial charge in [-0.3, -0.25) is 0 Å². The maximum atomic E-state index is 11.3. The van der Waals surface area contributed by atoms with Gasteiger partial charge in [0.2, 0.25) is 0 Å². The summed E-state index contributed by atoms with van der Waals surface area (Å²) in [6.07, 6.45) is 0. The molecule has 0 radical (unpaired) electrons. The summed E-state index contributed by atoms with van der Waals surface area (Å²) in [5.41, 5.74) is 2.86. The normalized spacial score (nSPS) is 10.7. The number of rotatable bonds is 9. The van der Waals surface area contributed by atoms with Crippen molar-refractivity contribution in [2.45, 2.75) is 33.6 Å². The number of hydrogen-bond donors (Lipinski definition) is 0. The van der Waals surface area contributed by atoms with Gasteiger partial charge in [-0.1, -0.05) is 13.8 Å². The number of methoxy groups -OCH3 is 2. The van der Waals surface area contributed by atoms with E-state index in [9.17, 15) is 4.79 Å². The fourth-order valence-electron chi connectivity index (χ4n) is 2.77. The molecule has 0 unspecified atom stereocenters. The van der Waals surface area contributed by atoms with Crippen molar-refractivity contribution in [3.05, 3.63) is 47.0 Å². The summed E-state index contributed by atoms with van der Waals surface area (Å²) in [6.45, 7) is 8.15. The summed E-state index contributed by atoms with van der Waals surface area (Å²) in [4.78, 5) is 11.3. The van der Waals surface area contributed by atoms with E-state index in [0.29, 0.717) is 5.75 Å². The Morgan fingerprint density at radius 3 is 2.21 bits per heavy atom. The van der Waals surface area contributed by atoms with Crippen LogP contribution in [0.25, 0.3) is 0 Å². The molecule has 0 saturated heterocycles. The lowest BCUT2D eigenvalue weighted by atomic mass is 10.0. The maximum Gasteiger partial charge on any atom is 0.343 e. The molecule has 28 heavy (non-hydrogen) atoms. The van der Waals surface area contributed by atoms with Crippen molar-refractivity contribution in [3.63, 3.8) is 0 Å². The van der Waals surface area contributed by atoms with Crippen LogP contribution >= 0.6 is 0 Å². The van der Waals surface area contributed by atoms with Gasteiger partial charge in [-0.25, -0.2) is 4.79 Å². The smallest absolute Gasteiger partial charge is 0.343 e. The average Bonchev–Trinajstić information content (AvgIpc) is 2.67. The van der Waals surface area contributed by atoms with Gasteiger partial charge in [0.05, 0.1) is 7.11 Å². The van der Waals surface area contributed by atoms with Crippen molar-refractivity contribution < 1.29 is 28.5 Å². The number of aryl methyl sites for hydroxylation is 2. The summed E-state index contributed by atoms with van der Waals surface area (Å²) in [6, 6.07) is 9.42. The second kappa shape index (κ2) is 9.99. The van der Waals surface area contributed by atoms with Crippen LogP contribution in [0.15, 0.2) is 30.3 Å². The molecule has 0 fully saturated rings. The first-order valence-electron chi connectivity index (χ1n) is 9.10. The first-order chi connectivity index (χ1) is 13.3. The minimum Gasteiger partial charge on any atom is -0.482 e. The monoisotopic (exact) mass is 388 g/mol. The Morgan fingerprint density at radius 2 is 1.64 bits per heavy atom. The van der Waals surface area contributed by atoms with Gasteiger partial charge in [-0.2, -0.15) is 0 Å². The molecule has 0 heterocycles. The highest BCUT2D eigenvalue weighted by atomic mass is 16.7. The minimum atomic E-state index is -0.423. The van der Waals surface area contributed by atoms with E-state index in [2.05, 4.69) is 18.6 Å². The van der Waals surface area contributed by atoms with E-state index in [-0.39, 0.29) is 19.3 Å². The predicted molar refractivity (Wildman–Crippen MR) is 107 cm³/mol. The van der Waals surface area contributed by atoms with Crippen LogP contribution in [-0.2, 0) is 14.3 Å². The van der Waals surface area contributed by atoms with Crippen LogP contribution in [0.4, 0.5) is 0 Å². The minimum absolute atomic E-state index is 0.129. The Bertz CT molecular complexity index is 790. The number of esters is 1. The quantitative estimate of drug-likeness (QED) is 0.456. The highest BCUT2D eigenvalue weighted by Crippen LogP contribution is 2.36. The van der Waals surface area contributed by atoms with E-state index < -0.39 is 5.97 Å². The molecule has 0 aliphatic heterocycles.